The number of nitrogens with zero attached hydrogens (tertiary/aromatic N) is 2. The number of carbonyl (C=O) groups excluding carboxylic acids is 1. The van der Waals surface area contributed by atoms with Crippen molar-refractivity contribution in [3.63, 3.8) is 0 Å². The number of rotatable bonds is 6. The van der Waals surface area contributed by atoms with Crippen LogP contribution in [-0.4, -0.2) is 45.2 Å². The molecular weight excluding hydrogens is 432 g/mol. The smallest absolute Gasteiger partial charge is 0.274 e. The van der Waals surface area contributed by atoms with Crippen LogP contribution < -0.4 is 10.9 Å². The van der Waals surface area contributed by atoms with Gasteiger partial charge >= 0.3 is 0 Å². The van der Waals surface area contributed by atoms with E-state index in [0.29, 0.717) is 42.7 Å². The fourth-order valence-electron chi connectivity index (χ4n) is 4.75. The van der Waals surface area contributed by atoms with Gasteiger partial charge in [-0.1, -0.05) is 18.2 Å². The van der Waals surface area contributed by atoms with Crippen LogP contribution in [0.3, 0.4) is 0 Å². The lowest BCUT2D eigenvalue weighted by atomic mass is 9.99. The Kier molecular flexibility index (Phi) is 6.17. The minimum absolute atomic E-state index is 0.0953. The number of aromatic amines is 1. The summed E-state index contributed by atoms with van der Waals surface area (Å²) in [7, 11) is 0. The summed E-state index contributed by atoms with van der Waals surface area (Å²) in [6.45, 7) is 3.36. The first-order valence-electron chi connectivity index (χ1n) is 11.7. The number of aliphatic hydroxyl groups excluding tert-OH is 1. The number of ether oxygens (including phenoxy) is 1. The Bertz CT molecular complexity index is 1420. The third-order valence-electron chi connectivity index (χ3n) is 6.55. The van der Waals surface area contributed by atoms with E-state index >= 15 is 0 Å². The number of hydrogen-bond acceptors (Lipinski definition) is 5. The highest BCUT2D eigenvalue weighted by Gasteiger charge is 2.23. The van der Waals surface area contributed by atoms with Gasteiger partial charge in [-0.25, -0.2) is 4.98 Å². The van der Waals surface area contributed by atoms with Gasteiger partial charge in [-0.2, -0.15) is 0 Å². The molecule has 2 aromatic heterocycles. The van der Waals surface area contributed by atoms with Crippen LogP contribution in [0.5, 0.6) is 0 Å². The standard InChI is InChI=1S/C26H28N4O4/c1-16-13-22-21(14-19(16)25(32)28-20-7-3-2-5-17(20)6-4-10-31)29-26(33)23-15-27-24(30(22)23)18-8-11-34-12-9-18/h2-3,5,7,13-15,18,31H,4,6,8-12H2,1H3,(H,28,32)(H,29,33). The van der Waals surface area contributed by atoms with E-state index in [9.17, 15) is 14.7 Å². The Hall–Kier alpha value is -3.49. The zero-order chi connectivity index (χ0) is 23.7. The molecule has 5 rings (SSSR count). The number of aromatic nitrogens is 3. The molecule has 1 aliphatic rings. The van der Waals surface area contributed by atoms with Crippen molar-refractivity contribution in [3.8, 4) is 0 Å². The SMILES string of the molecule is Cc1cc2c(cc1C(=O)Nc1ccccc1CCCO)[nH]c(=O)c1cnc(C3CCOCC3)n12. The number of anilines is 1. The van der Waals surface area contributed by atoms with Crippen LogP contribution in [-0.2, 0) is 11.2 Å². The van der Waals surface area contributed by atoms with Crippen molar-refractivity contribution in [2.75, 3.05) is 25.1 Å². The van der Waals surface area contributed by atoms with E-state index in [1.165, 1.54) is 0 Å². The van der Waals surface area contributed by atoms with Crippen LogP contribution >= 0.6 is 0 Å². The Balaban J connectivity index is 1.55. The maximum absolute atomic E-state index is 13.2. The second-order valence-corrected chi connectivity index (χ2v) is 8.80. The summed E-state index contributed by atoms with van der Waals surface area (Å²) in [4.78, 5) is 33.6. The monoisotopic (exact) mass is 460 g/mol. The minimum atomic E-state index is -0.243. The van der Waals surface area contributed by atoms with E-state index in [4.69, 9.17) is 4.74 Å². The molecule has 0 spiro atoms. The predicted octanol–water partition coefficient (Wildman–Crippen LogP) is 3.56. The Morgan fingerprint density at radius 2 is 2.03 bits per heavy atom. The van der Waals surface area contributed by atoms with E-state index in [-0.39, 0.29) is 24.0 Å². The summed E-state index contributed by atoms with van der Waals surface area (Å²) in [6.07, 6.45) is 4.65. The second kappa shape index (κ2) is 9.40. The molecule has 0 bridgehead atoms. The third kappa shape index (κ3) is 4.10. The number of carbonyl (C=O) groups is 1. The number of amides is 1. The van der Waals surface area contributed by atoms with Gasteiger partial charge in [-0.15, -0.1) is 0 Å². The average Bonchev–Trinajstić information content (AvgIpc) is 3.30. The molecule has 1 aliphatic heterocycles. The van der Waals surface area contributed by atoms with Gasteiger partial charge in [-0.3, -0.25) is 14.0 Å². The molecule has 1 saturated heterocycles. The predicted molar refractivity (Wildman–Crippen MR) is 131 cm³/mol. The van der Waals surface area contributed by atoms with Gasteiger partial charge in [0, 0.05) is 37.0 Å². The normalized spacial score (nSPS) is 14.6. The molecule has 8 heteroatoms. The first-order chi connectivity index (χ1) is 16.6. The molecule has 0 radical (unpaired) electrons. The highest BCUT2D eigenvalue weighted by molar-refractivity contribution is 6.07. The van der Waals surface area contributed by atoms with E-state index in [2.05, 4.69) is 15.3 Å². The molecule has 34 heavy (non-hydrogen) atoms. The summed E-state index contributed by atoms with van der Waals surface area (Å²) in [5.74, 6) is 0.843. The number of benzene rings is 2. The van der Waals surface area contributed by atoms with Gasteiger partial charge in [0.1, 0.15) is 11.3 Å². The molecule has 4 aromatic rings. The van der Waals surface area contributed by atoms with Crippen molar-refractivity contribution in [1.29, 1.82) is 0 Å². The van der Waals surface area contributed by atoms with E-state index in [1.54, 1.807) is 12.3 Å². The van der Waals surface area contributed by atoms with Gasteiger partial charge in [0.15, 0.2) is 0 Å². The van der Waals surface area contributed by atoms with E-state index in [0.717, 1.165) is 41.0 Å². The molecule has 0 atom stereocenters. The zero-order valence-corrected chi connectivity index (χ0v) is 19.1. The lowest BCUT2D eigenvalue weighted by Crippen LogP contribution is -2.19. The van der Waals surface area contributed by atoms with E-state index in [1.807, 2.05) is 41.7 Å². The van der Waals surface area contributed by atoms with E-state index < -0.39 is 0 Å². The first-order valence-corrected chi connectivity index (χ1v) is 11.7. The lowest BCUT2D eigenvalue weighted by molar-refractivity contribution is 0.0835. The van der Waals surface area contributed by atoms with Crippen molar-refractivity contribution in [1.82, 2.24) is 14.4 Å². The third-order valence-corrected chi connectivity index (χ3v) is 6.55. The number of aryl methyl sites for hydroxylation is 2. The molecule has 3 heterocycles. The number of imidazole rings is 1. The topological polar surface area (TPSA) is 109 Å². The molecule has 176 valence electrons. The molecule has 0 unspecified atom stereocenters. The summed E-state index contributed by atoms with van der Waals surface area (Å²) >= 11 is 0. The second-order valence-electron chi connectivity index (χ2n) is 8.80. The molecule has 0 saturated carbocycles. The van der Waals surface area contributed by atoms with Crippen molar-refractivity contribution in [2.24, 2.45) is 0 Å². The van der Waals surface area contributed by atoms with Crippen LogP contribution in [0.2, 0.25) is 0 Å². The molecular formula is C26H28N4O4. The minimum Gasteiger partial charge on any atom is -0.396 e. The highest BCUT2D eigenvalue weighted by Crippen LogP contribution is 2.29. The summed E-state index contributed by atoms with van der Waals surface area (Å²) < 4.78 is 7.43. The van der Waals surface area contributed by atoms with Gasteiger partial charge in [0.2, 0.25) is 0 Å². The zero-order valence-electron chi connectivity index (χ0n) is 19.1. The number of aliphatic hydroxyl groups is 1. The maximum atomic E-state index is 13.2. The summed E-state index contributed by atoms with van der Waals surface area (Å²) in [5, 5.41) is 12.2. The van der Waals surface area contributed by atoms with Gasteiger partial charge in [-0.05, 0) is 61.9 Å². The molecule has 0 aliphatic carbocycles. The van der Waals surface area contributed by atoms with Gasteiger partial charge in [0.05, 0.1) is 17.2 Å². The molecule has 2 aromatic carbocycles. The Morgan fingerprint density at radius 1 is 1.24 bits per heavy atom. The molecule has 8 nitrogen and oxygen atoms in total. The quantitative estimate of drug-likeness (QED) is 0.408. The number of para-hydroxylation sites is 1. The van der Waals surface area contributed by atoms with Crippen LogP contribution in [0.15, 0.2) is 47.4 Å². The Labute approximate surface area is 196 Å². The van der Waals surface area contributed by atoms with Crippen LogP contribution in [0.4, 0.5) is 5.69 Å². The molecule has 1 amide bonds. The summed E-state index contributed by atoms with van der Waals surface area (Å²) in [6, 6.07) is 11.3. The van der Waals surface area contributed by atoms with Crippen molar-refractivity contribution in [2.45, 2.75) is 38.5 Å². The van der Waals surface area contributed by atoms with Crippen molar-refractivity contribution >= 4 is 28.1 Å². The van der Waals surface area contributed by atoms with Crippen LogP contribution in [0.25, 0.3) is 16.6 Å². The van der Waals surface area contributed by atoms with Crippen molar-refractivity contribution in [3.05, 3.63) is 75.5 Å². The Morgan fingerprint density at radius 3 is 2.82 bits per heavy atom. The fraction of sp³-hybridized carbons (Fsp3) is 0.346. The van der Waals surface area contributed by atoms with Gasteiger partial charge in [0.25, 0.3) is 11.5 Å². The summed E-state index contributed by atoms with van der Waals surface area (Å²) in [5.41, 5.74) is 4.68. The maximum Gasteiger partial charge on any atom is 0.274 e. The number of fused-ring (bicyclic) bond motifs is 3. The van der Waals surface area contributed by atoms with Gasteiger partial charge < -0.3 is 20.1 Å². The number of H-pyrrole nitrogens is 1. The van der Waals surface area contributed by atoms with Crippen LogP contribution in [0, 0.1) is 6.92 Å². The average molecular weight is 461 g/mol. The molecule has 3 N–H and O–H groups in total. The van der Waals surface area contributed by atoms with Crippen molar-refractivity contribution < 1.29 is 14.6 Å². The number of hydrogen-bond donors (Lipinski definition) is 3. The first kappa shape index (κ1) is 22.3. The molecule has 1 fully saturated rings. The highest BCUT2D eigenvalue weighted by atomic mass is 16.5. The fourth-order valence-corrected chi connectivity index (χ4v) is 4.75. The largest absolute Gasteiger partial charge is 0.396 e. The number of nitrogens with one attached hydrogen (secondary N) is 2. The van der Waals surface area contributed by atoms with Crippen LogP contribution in [0.1, 0.15) is 52.5 Å². The lowest BCUT2D eigenvalue weighted by Gasteiger charge is -2.21.